The van der Waals surface area contributed by atoms with Crippen molar-refractivity contribution in [3.05, 3.63) is 57.3 Å². The van der Waals surface area contributed by atoms with Gasteiger partial charge in [-0.25, -0.2) is 4.79 Å². The molecular formula is C17H14F3NO4S. The van der Waals surface area contributed by atoms with Crippen molar-refractivity contribution in [3.63, 3.8) is 0 Å². The molecule has 0 radical (unpaired) electrons. The van der Waals surface area contributed by atoms with Gasteiger partial charge in [-0.1, -0.05) is 12.1 Å². The van der Waals surface area contributed by atoms with Gasteiger partial charge in [0.05, 0.1) is 23.6 Å². The van der Waals surface area contributed by atoms with Gasteiger partial charge in [-0.3, -0.25) is 4.79 Å². The zero-order valence-corrected chi connectivity index (χ0v) is 14.1. The summed E-state index contributed by atoms with van der Waals surface area (Å²) in [5.41, 5.74) is -0.197. The second-order valence-electron chi connectivity index (χ2n) is 5.70. The number of hydrogen-bond acceptors (Lipinski definition) is 4. The monoisotopic (exact) mass is 385 g/mol. The molecule has 1 fully saturated rings. The van der Waals surface area contributed by atoms with E-state index < -0.39 is 23.8 Å². The van der Waals surface area contributed by atoms with Gasteiger partial charge < -0.3 is 14.7 Å². The van der Waals surface area contributed by atoms with Gasteiger partial charge in [0.2, 0.25) is 0 Å². The van der Waals surface area contributed by atoms with Crippen molar-refractivity contribution in [1.82, 2.24) is 4.90 Å². The van der Waals surface area contributed by atoms with E-state index in [4.69, 9.17) is 9.84 Å². The van der Waals surface area contributed by atoms with Crippen molar-refractivity contribution in [3.8, 4) is 0 Å². The van der Waals surface area contributed by atoms with Gasteiger partial charge in [0.15, 0.2) is 0 Å². The first-order chi connectivity index (χ1) is 12.3. The van der Waals surface area contributed by atoms with Crippen LogP contribution in [0.25, 0.3) is 0 Å². The van der Waals surface area contributed by atoms with E-state index in [1.165, 1.54) is 29.2 Å². The first-order valence-electron chi connectivity index (χ1n) is 7.67. The maximum atomic E-state index is 12.7. The molecule has 0 saturated carbocycles. The lowest BCUT2D eigenvalue weighted by Crippen LogP contribution is -2.42. The number of nitrogens with zero attached hydrogens (tertiary/aromatic N) is 1. The lowest BCUT2D eigenvalue weighted by molar-refractivity contribution is -0.137. The molecule has 1 aromatic carbocycles. The number of amides is 1. The van der Waals surface area contributed by atoms with Gasteiger partial charge in [0, 0.05) is 6.54 Å². The molecule has 1 unspecified atom stereocenters. The van der Waals surface area contributed by atoms with Crippen LogP contribution in [0.3, 0.4) is 0 Å². The predicted octanol–water partition coefficient (Wildman–Crippen LogP) is 3.68. The summed E-state index contributed by atoms with van der Waals surface area (Å²) in [5.74, 6) is -1.42. The third-order valence-electron chi connectivity index (χ3n) is 3.99. The molecular weight excluding hydrogens is 371 g/mol. The van der Waals surface area contributed by atoms with E-state index in [2.05, 4.69) is 0 Å². The number of thiophene rings is 1. The summed E-state index contributed by atoms with van der Waals surface area (Å²) in [4.78, 5) is 25.4. The van der Waals surface area contributed by atoms with Crippen LogP contribution in [0.15, 0.2) is 36.4 Å². The van der Waals surface area contributed by atoms with Crippen molar-refractivity contribution in [1.29, 1.82) is 0 Å². The highest BCUT2D eigenvalue weighted by atomic mass is 32.1. The van der Waals surface area contributed by atoms with Crippen LogP contribution in [0.2, 0.25) is 0 Å². The molecule has 26 heavy (non-hydrogen) atoms. The zero-order chi connectivity index (χ0) is 18.9. The number of carbonyl (C=O) groups is 2. The number of alkyl halides is 3. The van der Waals surface area contributed by atoms with E-state index >= 15 is 0 Å². The Morgan fingerprint density at radius 2 is 1.77 bits per heavy atom. The molecule has 1 aliphatic heterocycles. The molecule has 1 saturated heterocycles. The average Bonchev–Trinajstić information content (AvgIpc) is 3.11. The fraction of sp³-hybridized carbons (Fsp3) is 0.294. The number of ether oxygens (including phenoxy) is 1. The van der Waals surface area contributed by atoms with Crippen LogP contribution in [0, 0.1) is 0 Å². The minimum atomic E-state index is -4.41. The summed E-state index contributed by atoms with van der Waals surface area (Å²) in [6.07, 6.45) is -4.94. The van der Waals surface area contributed by atoms with E-state index in [9.17, 15) is 22.8 Å². The highest BCUT2D eigenvalue weighted by molar-refractivity contribution is 7.15. The van der Waals surface area contributed by atoms with Crippen LogP contribution < -0.4 is 0 Å². The van der Waals surface area contributed by atoms with Crippen LogP contribution in [0.5, 0.6) is 0 Å². The van der Waals surface area contributed by atoms with Gasteiger partial charge in [-0.2, -0.15) is 13.2 Å². The molecule has 138 valence electrons. The van der Waals surface area contributed by atoms with Gasteiger partial charge >= 0.3 is 12.1 Å². The van der Waals surface area contributed by atoms with Gasteiger partial charge in [-0.05, 0) is 29.8 Å². The van der Waals surface area contributed by atoms with Crippen molar-refractivity contribution in [2.45, 2.75) is 12.3 Å². The number of benzene rings is 1. The Bertz CT molecular complexity index is 816. The average molecular weight is 385 g/mol. The normalized spacial score (nSPS) is 18.0. The molecule has 3 rings (SSSR count). The first-order valence-corrected chi connectivity index (χ1v) is 8.48. The number of halogens is 3. The molecule has 1 aromatic heterocycles. The number of carboxylic acids is 1. The highest BCUT2D eigenvalue weighted by Gasteiger charge is 2.31. The lowest BCUT2D eigenvalue weighted by Gasteiger charge is -2.33. The van der Waals surface area contributed by atoms with Crippen molar-refractivity contribution in [2.24, 2.45) is 0 Å². The van der Waals surface area contributed by atoms with Gasteiger partial charge in [0.25, 0.3) is 5.91 Å². The Morgan fingerprint density at radius 1 is 1.12 bits per heavy atom. The summed E-state index contributed by atoms with van der Waals surface area (Å²) < 4.78 is 43.5. The molecule has 1 N–H and O–H groups in total. The molecule has 0 aliphatic carbocycles. The Morgan fingerprint density at radius 3 is 2.35 bits per heavy atom. The quantitative estimate of drug-likeness (QED) is 0.875. The van der Waals surface area contributed by atoms with E-state index in [-0.39, 0.29) is 23.9 Å². The van der Waals surface area contributed by atoms with Crippen LogP contribution >= 0.6 is 11.3 Å². The van der Waals surface area contributed by atoms with E-state index in [1.54, 1.807) is 0 Å². The maximum Gasteiger partial charge on any atom is 0.416 e. The number of carbonyl (C=O) groups excluding carboxylic acids is 1. The second kappa shape index (κ2) is 7.08. The number of aromatic carboxylic acids is 1. The summed E-state index contributed by atoms with van der Waals surface area (Å²) in [6, 6.07) is 7.48. The zero-order valence-electron chi connectivity index (χ0n) is 13.3. The topological polar surface area (TPSA) is 66.8 Å². The summed E-state index contributed by atoms with van der Waals surface area (Å²) in [7, 11) is 0. The number of rotatable bonds is 3. The molecule has 0 bridgehead atoms. The lowest BCUT2D eigenvalue weighted by atomic mass is 10.0. The fourth-order valence-electron chi connectivity index (χ4n) is 2.65. The predicted molar refractivity (Wildman–Crippen MR) is 87.3 cm³/mol. The Hall–Kier alpha value is -2.39. The number of carboxylic acid groups (broad SMARTS) is 1. The molecule has 5 nitrogen and oxygen atoms in total. The van der Waals surface area contributed by atoms with Crippen LogP contribution in [-0.2, 0) is 10.9 Å². The van der Waals surface area contributed by atoms with Crippen LogP contribution in [-0.4, -0.2) is 41.6 Å². The second-order valence-corrected chi connectivity index (χ2v) is 6.78. The SMILES string of the molecule is O=C(O)c1ccc(C(=O)N2CCOC(c3ccc(C(F)(F)F)cc3)C2)s1. The highest BCUT2D eigenvalue weighted by Crippen LogP contribution is 2.31. The van der Waals surface area contributed by atoms with Crippen LogP contribution in [0.1, 0.15) is 36.6 Å². The van der Waals surface area contributed by atoms with Crippen molar-refractivity contribution in [2.75, 3.05) is 19.7 Å². The largest absolute Gasteiger partial charge is 0.477 e. The third-order valence-corrected chi connectivity index (χ3v) is 5.05. The van der Waals surface area contributed by atoms with Gasteiger partial charge in [0.1, 0.15) is 11.0 Å². The maximum absolute atomic E-state index is 12.7. The molecule has 1 atom stereocenters. The fourth-order valence-corrected chi connectivity index (χ4v) is 3.46. The number of morpholine rings is 1. The summed E-state index contributed by atoms with van der Waals surface area (Å²) in [6.45, 7) is 0.759. The van der Waals surface area contributed by atoms with Crippen LogP contribution in [0.4, 0.5) is 13.2 Å². The van der Waals surface area contributed by atoms with E-state index in [1.807, 2.05) is 0 Å². The first kappa shape index (κ1) is 18.4. The number of hydrogen-bond donors (Lipinski definition) is 1. The third kappa shape index (κ3) is 3.88. The molecule has 2 heterocycles. The molecule has 1 amide bonds. The Kier molecular flexibility index (Phi) is 5.01. The van der Waals surface area contributed by atoms with Gasteiger partial charge in [-0.15, -0.1) is 11.3 Å². The minimum Gasteiger partial charge on any atom is -0.477 e. The molecule has 2 aromatic rings. The summed E-state index contributed by atoms with van der Waals surface area (Å²) in [5, 5.41) is 8.95. The summed E-state index contributed by atoms with van der Waals surface area (Å²) >= 11 is 0.888. The van der Waals surface area contributed by atoms with E-state index in [0.29, 0.717) is 17.0 Å². The Labute approximate surface area is 150 Å². The minimum absolute atomic E-state index is 0.0703. The standard InChI is InChI=1S/C17H14F3NO4S/c18-17(19,20)11-3-1-10(2-4-11)12-9-21(7-8-25-12)15(22)13-5-6-14(26-13)16(23)24/h1-6,12H,7-9H2,(H,23,24). The smallest absolute Gasteiger partial charge is 0.416 e. The molecule has 9 heteroatoms. The van der Waals surface area contributed by atoms with E-state index in [0.717, 1.165) is 23.5 Å². The Balaban J connectivity index is 1.72. The van der Waals surface area contributed by atoms with Crippen molar-refractivity contribution >= 4 is 23.2 Å². The van der Waals surface area contributed by atoms with Crippen molar-refractivity contribution < 1.29 is 32.6 Å². The molecule has 0 spiro atoms. The molecule has 1 aliphatic rings.